The summed E-state index contributed by atoms with van der Waals surface area (Å²) in [4.78, 5) is 26.5. The molecule has 1 heterocycles. The van der Waals surface area contributed by atoms with Crippen LogP contribution in [0, 0.1) is 6.92 Å². The van der Waals surface area contributed by atoms with E-state index in [2.05, 4.69) is 36.5 Å². The van der Waals surface area contributed by atoms with Crippen LogP contribution >= 0.6 is 0 Å². The molecule has 1 saturated heterocycles. The van der Waals surface area contributed by atoms with E-state index in [1.165, 1.54) is 11.1 Å². The molecule has 1 aliphatic heterocycles. The molecule has 3 rings (SSSR count). The molecule has 1 unspecified atom stereocenters. The Morgan fingerprint density at radius 1 is 1.17 bits per heavy atom. The SMILES string of the molecule is Cc1ccc(CCCC(=O)N2CCCC2C(=O)NC2CC2)cc1. The summed E-state index contributed by atoms with van der Waals surface area (Å²) in [5, 5.41) is 3.04. The monoisotopic (exact) mass is 314 g/mol. The molecule has 1 N–H and O–H groups in total. The summed E-state index contributed by atoms with van der Waals surface area (Å²) in [6, 6.07) is 8.60. The fourth-order valence-electron chi connectivity index (χ4n) is 3.20. The molecule has 1 atom stereocenters. The molecule has 124 valence electrons. The van der Waals surface area contributed by atoms with Crippen molar-refractivity contribution in [3.63, 3.8) is 0 Å². The Balaban J connectivity index is 1.46. The van der Waals surface area contributed by atoms with Crippen LogP contribution in [0.15, 0.2) is 24.3 Å². The van der Waals surface area contributed by atoms with E-state index in [1.54, 1.807) is 4.90 Å². The number of hydrogen-bond donors (Lipinski definition) is 1. The van der Waals surface area contributed by atoms with Gasteiger partial charge in [0.2, 0.25) is 11.8 Å². The van der Waals surface area contributed by atoms with Gasteiger partial charge < -0.3 is 10.2 Å². The lowest BCUT2D eigenvalue weighted by molar-refractivity contribution is -0.138. The normalized spacial score (nSPS) is 20.6. The standard InChI is InChI=1S/C19H26N2O2/c1-14-7-9-15(10-8-14)4-2-6-18(22)21-13-3-5-17(21)19(23)20-16-11-12-16/h7-10,16-17H,2-6,11-13H2,1H3,(H,20,23). The Kier molecular flexibility index (Phi) is 4.99. The third-order valence-electron chi connectivity index (χ3n) is 4.78. The smallest absolute Gasteiger partial charge is 0.243 e. The molecule has 0 radical (unpaired) electrons. The lowest BCUT2D eigenvalue weighted by Gasteiger charge is -2.24. The highest BCUT2D eigenvalue weighted by atomic mass is 16.2. The molecule has 4 nitrogen and oxygen atoms in total. The largest absolute Gasteiger partial charge is 0.352 e. The zero-order valence-electron chi connectivity index (χ0n) is 13.9. The van der Waals surface area contributed by atoms with E-state index in [4.69, 9.17) is 0 Å². The lowest BCUT2D eigenvalue weighted by Crippen LogP contribution is -2.46. The van der Waals surface area contributed by atoms with E-state index in [9.17, 15) is 9.59 Å². The van der Waals surface area contributed by atoms with E-state index in [0.717, 1.165) is 45.1 Å². The Morgan fingerprint density at radius 3 is 2.61 bits per heavy atom. The Morgan fingerprint density at radius 2 is 1.91 bits per heavy atom. The van der Waals surface area contributed by atoms with E-state index in [0.29, 0.717) is 12.5 Å². The van der Waals surface area contributed by atoms with Gasteiger partial charge in [0.25, 0.3) is 0 Å². The van der Waals surface area contributed by atoms with Crippen molar-refractivity contribution in [3.05, 3.63) is 35.4 Å². The maximum Gasteiger partial charge on any atom is 0.243 e. The molecular formula is C19H26N2O2. The first-order valence-electron chi connectivity index (χ1n) is 8.79. The van der Waals surface area contributed by atoms with Crippen molar-refractivity contribution in [1.82, 2.24) is 10.2 Å². The number of likely N-dealkylation sites (tertiary alicyclic amines) is 1. The molecule has 2 aliphatic rings. The van der Waals surface area contributed by atoms with Crippen LogP contribution in [0.3, 0.4) is 0 Å². The van der Waals surface area contributed by atoms with Crippen LogP contribution in [0.2, 0.25) is 0 Å². The molecule has 0 aromatic heterocycles. The second-order valence-corrected chi connectivity index (χ2v) is 6.87. The van der Waals surface area contributed by atoms with E-state index in [1.807, 2.05) is 0 Å². The van der Waals surface area contributed by atoms with Crippen LogP contribution in [0.4, 0.5) is 0 Å². The van der Waals surface area contributed by atoms with Crippen LogP contribution < -0.4 is 5.32 Å². The highest BCUT2D eigenvalue weighted by Crippen LogP contribution is 2.23. The third kappa shape index (κ3) is 4.34. The fourth-order valence-corrected chi connectivity index (χ4v) is 3.20. The molecule has 23 heavy (non-hydrogen) atoms. The molecule has 0 spiro atoms. The molecule has 1 aromatic rings. The van der Waals surface area contributed by atoms with Gasteiger partial charge in [0.1, 0.15) is 6.04 Å². The van der Waals surface area contributed by atoms with Gasteiger partial charge in [-0.1, -0.05) is 29.8 Å². The molecular weight excluding hydrogens is 288 g/mol. The number of benzene rings is 1. The van der Waals surface area contributed by atoms with E-state index in [-0.39, 0.29) is 17.9 Å². The summed E-state index contributed by atoms with van der Waals surface area (Å²) in [7, 11) is 0. The van der Waals surface area contributed by atoms with Crippen molar-refractivity contribution in [2.45, 2.75) is 64.0 Å². The number of carbonyl (C=O) groups excluding carboxylic acids is 2. The maximum atomic E-state index is 12.5. The molecule has 2 amide bonds. The Labute approximate surface area is 138 Å². The molecule has 2 fully saturated rings. The van der Waals surface area contributed by atoms with Crippen molar-refractivity contribution in [2.75, 3.05) is 6.54 Å². The van der Waals surface area contributed by atoms with Crippen LogP contribution in [0.1, 0.15) is 49.7 Å². The van der Waals surface area contributed by atoms with E-state index >= 15 is 0 Å². The first-order chi connectivity index (χ1) is 11.1. The second-order valence-electron chi connectivity index (χ2n) is 6.87. The minimum atomic E-state index is -0.234. The number of aryl methyl sites for hydroxylation is 2. The Bertz CT molecular complexity index is 563. The quantitative estimate of drug-likeness (QED) is 0.877. The van der Waals surface area contributed by atoms with Crippen molar-refractivity contribution >= 4 is 11.8 Å². The van der Waals surface area contributed by atoms with Gasteiger partial charge in [0.15, 0.2) is 0 Å². The summed E-state index contributed by atoms with van der Waals surface area (Å²) >= 11 is 0. The predicted octanol–water partition coefficient (Wildman–Crippen LogP) is 2.59. The molecule has 1 aliphatic carbocycles. The molecule has 0 bridgehead atoms. The number of carbonyl (C=O) groups is 2. The summed E-state index contributed by atoms with van der Waals surface area (Å²) in [6.45, 7) is 2.81. The average molecular weight is 314 g/mol. The molecule has 1 aromatic carbocycles. The highest BCUT2D eigenvalue weighted by Gasteiger charge is 2.35. The summed E-state index contributed by atoms with van der Waals surface area (Å²) < 4.78 is 0. The first-order valence-corrected chi connectivity index (χ1v) is 8.79. The van der Waals surface area contributed by atoms with Crippen molar-refractivity contribution in [2.24, 2.45) is 0 Å². The average Bonchev–Trinajstić information content (AvgIpc) is 3.21. The summed E-state index contributed by atoms with van der Waals surface area (Å²) in [6.07, 6.45) is 6.20. The molecule has 4 heteroatoms. The van der Waals surface area contributed by atoms with Gasteiger partial charge in [-0.05, 0) is 51.0 Å². The number of nitrogens with zero attached hydrogens (tertiary/aromatic N) is 1. The minimum Gasteiger partial charge on any atom is -0.352 e. The predicted molar refractivity (Wildman–Crippen MR) is 90.0 cm³/mol. The van der Waals surface area contributed by atoms with E-state index < -0.39 is 0 Å². The zero-order chi connectivity index (χ0) is 16.2. The lowest BCUT2D eigenvalue weighted by atomic mass is 10.1. The van der Waals surface area contributed by atoms with Gasteiger partial charge in [-0.3, -0.25) is 9.59 Å². The van der Waals surface area contributed by atoms with Crippen LogP contribution in [0.25, 0.3) is 0 Å². The van der Waals surface area contributed by atoms with Crippen LogP contribution in [0.5, 0.6) is 0 Å². The first kappa shape index (κ1) is 16.0. The van der Waals surface area contributed by atoms with Gasteiger partial charge in [-0.15, -0.1) is 0 Å². The summed E-state index contributed by atoms with van der Waals surface area (Å²) in [5.74, 6) is 0.183. The third-order valence-corrected chi connectivity index (χ3v) is 4.78. The van der Waals surface area contributed by atoms with Gasteiger partial charge in [0.05, 0.1) is 0 Å². The zero-order valence-corrected chi connectivity index (χ0v) is 13.9. The topological polar surface area (TPSA) is 49.4 Å². The number of nitrogens with one attached hydrogen (secondary N) is 1. The maximum absolute atomic E-state index is 12.5. The van der Waals surface area contributed by atoms with Crippen LogP contribution in [-0.2, 0) is 16.0 Å². The van der Waals surface area contributed by atoms with Gasteiger partial charge in [-0.25, -0.2) is 0 Å². The van der Waals surface area contributed by atoms with Gasteiger partial charge in [-0.2, -0.15) is 0 Å². The number of hydrogen-bond acceptors (Lipinski definition) is 2. The van der Waals surface area contributed by atoms with Crippen molar-refractivity contribution in [1.29, 1.82) is 0 Å². The summed E-state index contributed by atoms with van der Waals surface area (Å²) in [5.41, 5.74) is 2.53. The second kappa shape index (κ2) is 7.16. The highest BCUT2D eigenvalue weighted by molar-refractivity contribution is 5.88. The van der Waals surface area contributed by atoms with Gasteiger partial charge >= 0.3 is 0 Å². The van der Waals surface area contributed by atoms with Crippen molar-refractivity contribution < 1.29 is 9.59 Å². The van der Waals surface area contributed by atoms with Crippen molar-refractivity contribution in [3.8, 4) is 0 Å². The van der Waals surface area contributed by atoms with Crippen LogP contribution in [-0.4, -0.2) is 35.3 Å². The number of amides is 2. The molecule has 1 saturated carbocycles. The van der Waals surface area contributed by atoms with Gasteiger partial charge in [0, 0.05) is 19.0 Å². The minimum absolute atomic E-state index is 0.0527. The fraction of sp³-hybridized carbons (Fsp3) is 0.579. The number of rotatable bonds is 6. The Hall–Kier alpha value is -1.84.